The van der Waals surface area contributed by atoms with Crippen molar-refractivity contribution in [3.8, 4) is 5.75 Å². The van der Waals surface area contributed by atoms with Gasteiger partial charge in [0, 0.05) is 6.54 Å². The van der Waals surface area contributed by atoms with Gasteiger partial charge < -0.3 is 10.1 Å². The largest absolute Gasteiger partial charge is 0.495 e. The van der Waals surface area contributed by atoms with Crippen molar-refractivity contribution in [2.75, 3.05) is 19.0 Å². The second-order valence-corrected chi connectivity index (χ2v) is 4.50. The lowest BCUT2D eigenvalue weighted by molar-refractivity contribution is 0.413. The third-order valence-electron chi connectivity index (χ3n) is 1.77. The highest BCUT2D eigenvalue weighted by molar-refractivity contribution is 5.37. The number of hydrogen-bond acceptors (Lipinski definition) is 3. The quantitative estimate of drug-likeness (QED) is 0.803. The highest BCUT2D eigenvalue weighted by Crippen LogP contribution is 2.15. The Labute approximate surface area is 85.5 Å². The third-order valence-corrected chi connectivity index (χ3v) is 1.77. The smallest absolute Gasteiger partial charge is 0.137 e. The van der Waals surface area contributed by atoms with Gasteiger partial charge in [0.2, 0.25) is 0 Å². The topological polar surface area (TPSA) is 34.1 Å². The van der Waals surface area contributed by atoms with Crippen LogP contribution in [0.3, 0.4) is 0 Å². The second kappa shape index (κ2) is 4.31. The van der Waals surface area contributed by atoms with E-state index >= 15 is 0 Å². The van der Waals surface area contributed by atoms with Gasteiger partial charge in [0.15, 0.2) is 0 Å². The molecule has 1 aromatic rings. The molecule has 0 saturated heterocycles. The molecule has 3 heteroatoms. The lowest BCUT2D eigenvalue weighted by atomic mass is 9.97. The Morgan fingerprint density at radius 2 is 2.07 bits per heavy atom. The van der Waals surface area contributed by atoms with Crippen LogP contribution in [0.15, 0.2) is 18.3 Å². The summed E-state index contributed by atoms with van der Waals surface area (Å²) < 4.78 is 5.02. The fourth-order valence-corrected chi connectivity index (χ4v) is 0.961. The predicted molar refractivity (Wildman–Crippen MR) is 58.7 cm³/mol. The number of nitrogens with one attached hydrogen (secondary N) is 1. The van der Waals surface area contributed by atoms with Gasteiger partial charge in [-0.1, -0.05) is 20.8 Å². The number of pyridine rings is 1. The highest BCUT2D eigenvalue weighted by Gasteiger charge is 2.09. The molecule has 78 valence electrons. The van der Waals surface area contributed by atoms with E-state index in [4.69, 9.17) is 4.74 Å². The van der Waals surface area contributed by atoms with Gasteiger partial charge in [-0.2, -0.15) is 0 Å². The Morgan fingerprint density at radius 1 is 1.36 bits per heavy atom. The average Bonchev–Trinajstić information content (AvgIpc) is 2.14. The lowest BCUT2D eigenvalue weighted by Gasteiger charge is -2.19. The molecule has 0 unspecified atom stereocenters. The van der Waals surface area contributed by atoms with Gasteiger partial charge in [-0.05, 0) is 17.5 Å². The monoisotopic (exact) mass is 194 g/mol. The molecule has 0 atom stereocenters. The fourth-order valence-electron chi connectivity index (χ4n) is 0.961. The van der Waals surface area contributed by atoms with Crippen molar-refractivity contribution in [2.24, 2.45) is 5.41 Å². The Balaban J connectivity index is 2.52. The minimum atomic E-state index is 0.265. The van der Waals surface area contributed by atoms with E-state index in [0.29, 0.717) is 0 Å². The summed E-state index contributed by atoms with van der Waals surface area (Å²) in [6.45, 7) is 7.46. The van der Waals surface area contributed by atoms with E-state index in [1.807, 2.05) is 12.1 Å². The van der Waals surface area contributed by atoms with Crippen LogP contribution >= 0.6 is 0 Å². The molecule has 14 heavy (non-hydrogen) atoms. The summed E-state index contributed by atoms with van der Waals surface area (Å²) in [7, 11) is 1.64. The van der Waals surface area contributed by atoms with Gasteiger partial charge in [0.05, 0.1) is 13.3 Å². The van der Waals surface area contributed by atoms with Gasteiger partial charge in [-0.3, -0.25) is 0 Å². The molecule has 1 aromatic heterocycles. The average molecular weight is 194 g/mol. The minimum absolute atomic E-state index is 0.265. The van der Waals surface area contributed by atoms with Crippen LogP contribution in [-0.2, 0) is 0 Å². The molecule has 0 bridgehead atoms. The molecule has 0 fully saturated rings. The third kappa shape index (κ3) is 3.64. The van der Waals surface area contributed by atoms with Crippen molar-refractivity contribution in [3.05, 3.63) is 18.3 Å². The van der Waals surface area contributed by atoms with Crippen LogP contribution in [0.5, 0.6) is 5.75 Å². The first-order chi connectivity index (χ1) is 6.51. The molecule has 0 aliphatic heterocycles. The zero-order chi connectivity index (χ0) is 10.6. The first kappa shape index (κ1) is 10.8. The molecular weight excluding hydrogens is 176 g/mol. The van der Waals surface area contributed by atoms with E-state index < -0.39 is 0 Å². The van der Waals surface area contributed by atoms with Gasteiger partial charge in [0.25, 0.3) is 0 Å². The van der Waals surface area contributed by atoms with E-state index in [1.165, 1.54) is 0 Å². The molecule has 1 N–H and O–H groups in total. The zero-order valence-corrected chi connectivity index (χ0v) is 9.29. The molecular formula is C11H18N2O. The van der Waals surface area contributed by atoms with Crippen LogP contribution < -0.4 is 10.1 Å². The van der Waals surface area contributed by atoms with E-state index in [1.54, 1.807) is 13.3 Å². The standard InChI is InChI=1S/C11H18N2O/c1-11(2,3)8-13-10-6-5-9(14-4)7-12-10/h5-7H,8H2,1-4H3,(H,12,13). The summed E-state index contributed by atoms with van der Waals surface area (Å²) in [4.78, 5) is 4.22. The van der Waals surface area contributed by atoms with Crippen molar-refractivity contribution >= 4 is 5.82 Å². The van der Waals surface area contributed by atoms with Crippen molar-refractivity contribution in [2.45, 2.75) is 20.8 Å². The summed E-state index contributed by atoms with van der Waals surface area (Å²) in [5.74, 6) is 1.67. The maximum Gasteiger partial charge on any atom is 0.137 e. The molecule has 3 nitrogen and oxygen atoms in total. The van der Waals surface area contributed by atoms with Gasteiger partial charge in [-0.25, -0.2) is 4.98 Å². The Bertz CT molecular complexity index is 274. The first-order valence-electron chi connectivity index (χ1n) is 4.75. The van der Waals surface area contributed by atoms with Crippen LogP contribution in [-0.4, -0.2) is 18.6 Å². The van der Waals surface area contributed by atoms with Gasteiger partial charge >= 0.3 is 0 Å². The first-order valence-corrected chi connectivity index (χ1v) is 4.75. The molecule has 0 radical (unpaired) electrons. The van der Waals surface area contributed by atoms with Gasteiger partial charge in [-0.15, -0.1) is 0 Å². The Hall–Kier alpha value is -1.25. The second-order valence-electron chi connectivity index (χ2n) is 4.50. The van der Waals surface area contributed by atoms with Crippen molar-refractivity contribution in [1.82, 2.24) is 4.98 Å². The Morgan fingerprint density at radius 3 is 2.50 bits per heavy atom. The predicted octanol–water partition coefficient (Wildman–Crippen LogP) is 2.55. The maximum atomic E-state index is 5.02. The lowest BCUT2D eigenvalue weighted by Crippen LogP contribution is -2.19. The van der Waals surface area contributed by atoms with Crippen LogP contribution in [0.1, 0.15) is 20.8 Å². The summed E-state index contributed by atoms with van der Waals surface area (Å²) in [5, 5.41) is 3.27. The normalized spacial score (nSPS) is 11.1. The number of nitrogens with zero attached hydrogens (tertiary/aromatic N) is 1. The summed E-state index contributed by atoms with van der Waals surface area (Å²) in [5.41, 5.74) is 0.265. The fraction of sp³-hybridized carbons (Fsp3) is 0.545. The summed E-state index contributed by atoms with van der Waals surface area (Å²) in [6, 6.07) is 3.82. The minimum Gasteiger partial charge on any atom is -0.495 e. The van der Waals surface area contributed by atoms with Crippen molar-refractivity contribution in [3.63, 3.8) is 0 Å². The summed E-state index contributed by atoms with van der Waals surface area (Å²) in [6.07, 6.45) is 1.71. The zero-order valence-electron chi connectivity index (χ0n) is 9.29. The van der Waals surface area contributed by atoms with Crippen molar-refractivity contribution in [1.29, 1.82) is 0 Å². The van der Waals surface area contributed by atoms with E-state index in [9.17, 15) is 0 Å². The number of anilines is 1. The molecule has 0 spiro atoms. The number of ether oxygens (including phenoxy) is 1. The van der Waals surface area contributed by atoms with Crippen LogP contribution in [0.25, 0.3) is 0 Å². The van der Waals surface area contributed by atoms with E-state index in [0.717, 1.165) is 18.1 Å². The van der Waals surface area contributed by atoms with Gasteiger partial charge in [0.1, 0.15) is 11.6 Å². The van der Waals surface area contributed by atoms with Crippen LogP contribution in [0.2, 0.25) is 0 Å². The highest BCUT2D eigenvalue weighted by atomic mass is 16.5. The number of aromatic nitrogens is 1. The Kier molecular flexibility index (Phi) is 3.33. The van der Waals surface area contributed by atoms with E-state index in [-0.39, 0.29) is 5.41 Å². The maximum absolute atomic E-state index is 5.02. The number of hydrogen-bond donors (Lipinski definition) is 1. The van der Waals surface area contributed by atoms with Crippen LogP contribution in [0, 0.1) is 5.41 Å². The molecule has 0 amide bonds. The molecule has 0 saturated carbocycles. The molecule has 1 rings (SSSR count). The van der Waals surface area contributed by atoms with Crippen molar-refractivity contribution < 1.29 is 4.74 Å². The van der Waals surface area contributed by atoms with Crippen LogP contribution in [0.4, 0.5) is 5.82 Å². The number of methoxy groups -OCH3 is 1. The molecule has 0 aromatic carbocycles. The molecule has 1 heterocycles. The summed E-state index contributed by atoms with van der Waals surface area (Å²) >= 11 is 0. The SMILES string of the molecule is COc1ccc(NCC(C)(C)C)nc1. The van der Waals surface area contributed by atoms with E-state index in [2.05, 4.69) is 31.1 Å². The number of rotatable bonds is 3. The molecule has 0 aliphatic carbocycles. The molecule has 0 aliphatic rings.